The molecule has 1 atom stereocenters. The number of hydrogen-bond acceptors (Lipinski definition) is 4. The maximum absolute atomic E-state index is 12.1. The van der Waals surface area contributed by atoms with Crippen molar-refractivity contribution in [2.45, 2.75) is 32.7 Å². The SMILES string of the molecule is Cc1[nH]c(=O)[nH]c(=O)c1CCC(=O)NC[C@H](C)N(C)c1ccccc1. The Balaban J connectivity index is 1.85. The molecule has 0 bridgehead atoms. The van der Waals surface area contributed by atoms with Crippen LogP contribution >= 0.6 is 0 Å². The van der Waals surface area contributed by atoms with Gasteiger partial charge in [0.1, 0.15) is 0 Å². The van der Waals surface area contributed by atoms with E-state index in [-0.39, 0.29) is 24.8 Å². The number of nitrogens with zero attached hydrogens (tertiary/aromatic N) is 1. The first-order valence-electron chi connectivity index (χ1n) is 8.25. The summed E-state index contributed by atoms with van der Waals surface area (Å²) in [5.74, 6) is -0.127. The van der Waals surface area contributed by atoms with E-state index in [0.717, 1.165) is 5.69 Å². The molecule has 0 saturated carbocycles. The van der Waals surface area contributed by atoms with E-state index in [9.17, 15) is 14.4 Å². The Hall–Kier alpha value is -2.83. The molecule has 0 fully saturated rings. The summed E-state index contributed by atoms with van der Waals surface area (Å²) >= 11 is 0. The van der Waals surface area contributed by atoms with Crippen molar-refractivity contribution in [3.8, 4) is 0 Å². The Morgan fingerprint density at radius 1 is 1.20 bits per heavy atom. The predicted octanol–water partition coefficient (Wildman–Crippen LogP) is 0.945. The number of H-pyrrole nitrogens is 2. The molecular formula is C18H24N4O3. The Morgan fingerprint density at radius 2 is 1.88 bits per heavy atom. The third kappa shape index (κ3) is 5.07. The van der Waals surface area contributed by atoms with Crippen LogP contribution in [0.1, 0.15) is 24.6 Å². The summed E-state index contributed by atoms with van der Waals surface area (Å²) in [6.45, 7) is 4.19. The number of benzene rings is 1. The molecule has 1 heterocycles. The van der Waals surface area contributed by atoms with Crippen molar-refractivity contribution in [1.82, 2.24) is 15.3 Å². The minimum Gasteiger partial charge on any atom is -0.370 e. The number of likely N-dealkylation sites (N-methyl/N-ethyl adjacent to an activating group) is 1. The largest absolute Gasteiger partial charge is 0.370 e. The molecular weight excluding hydrogens is 320 g/mol. The monoisotopic (exact) mass is 344 g/mol. The lowest BCUT2D eigenvalue weighted by Gasteiger charge is -2.27. The van der Waals surface area contributed by atoms with Gasteiger partial charge in [0.15, 0.2) is 0 Å². The third-order valence-corrected chi connectivity index (χ3v) is 4.28. The highest BCUT2D eigenvalue weighted by Gasteiger charge is 2.13. The Bertz CT molecular complexity index is 826. The Labute approximate surface area is 146 Å². The smallest absolute Gasteiger partial charge is 0.325 e. The van der Waals surface area contributed by atoms with E-state index >= 15 is 0 Å². The van der Waals surface area contributed by atoms with Crippen molar-refractivity contribution >= 4 is 11.6 Å². The van der Waals surface area contributed by atoms with Crippen LogP contribution < -0.4 is 21.5 Å². The normalized spacial score (nSPS) is 11.8. The molecule has 0 saturated heterocycles. The second-order valence-electron chi connectivity index (χ2n) is 6.11. The van der Waals surface area contributed by atoms with Crippen LogP contribution in [-0.4, -0.2) is 35.5 Å². The molecule has 2 rings (SSSR count). The molecule has 7 nitrogen and oxygen atoms in total. The second kappa shape index (κ2) is 8.32. The van der Waals surface area contributed by atoms with Crippen molar-refractivity contribution in [3.63, 3.8) is 0 Å². The molecule has 1 aromatic heterocycles. The van der Waals surface area contributed by atoms with Crippen molar-refractivity contribution in [3.05, 3.63) is 62.4 Å². The summed E-state index contributed by atoms with van der Waals surface area (Å²) in [5.41, 5.74) is 1.04. The van der Waals surface area contributed by atoms with E-state index in [4.69, 9.17) is 0 Å². The summed E-state index contributed by atoms with van der Waals surface area (Å²) in [6.07, 6.45) is 0.477. The minimum atomic E-state index is -0.534. The number of hydrogen-bond donors (Lipinski definition) is 3. The van der Waals surface area contributed by atoms with Crippen molar-refractivity contribution in [2.75, 3.05) is 18.5 Å². The van der Waals surface area contributed by atoms with Crippen LogP contribution in [0.15, 0.2) is 39.9 Å². The lowest BCUT2D eigenvalue weighted by Crippen LogP contribution is -2.40. The van der Waals surface area contributed by atoms with Gasteiger partial charge < -0.3 is 15.2 Å². The van der Waals surface area contributed by atoms with Crippen molar-refractivity contribution < 1.29 is 4.79 Å². The van der Waals surface area contributed by atoms with Crippen LogP contribution in [0.3, 0.4) is 0 Å². The zero-order chi connectivity index (χ0) is 18.4. The second-order valence-corrected chi connectivity index (χ2v) is 6.11. The zero-order valence-corrected chi connectivity index (χ0v) is 14.8. The van der Waals surface area contributed by atoms with Gasteiger partial charge in [-0.3, -0.25) is 14.6 Å². The molecule has 0 aliphatic carbocycles. The number of aromatic amines is 2. The minimum absolute atomic E-state index is 0.127. The maximum atomic E-state index is 12.1. The number of para-hydroxylation sites is 1. The number of nitrogens with one attached hydrogen (secondary N) is 3. The van der Waals surface area contributed by atoms with E-state index in [2.05, 4.69) is 20.2 Å². The molecule has 1 aromatic carbocycles. The van der Waals surface area contributed by atoms with Gasteiger partial charge >= 0.3 is 5.69 Å². The number of rotatable bonds is 7. The van der Waals surface area contributed by atoms with Gasteiger partial charge in [-0.15, -0.1) is 0 Å². The van der Waals surface area contributed by atoms with E-state index in [1.165, 1.54) is 0 Å². The van der Waals surface area contributed by atoms with Gasteiger partial charge in [0.2, 0.25) is 5.91 Å². The number of carbonyl (C=O) groups is 1. The number of aryl methyl sites for hydroxylation is 1. The van der Waals surface area contributed by atoms with Gasteiger partial charge in [-0.05, 0) is 32.4 Å². The molecule has 0 aliphatic heterocycles. The van der Waals surface area contributed by atoms with Crippen LogP contribution in [0.25, 0.3) is 0 Å². The fraction of sp³-hybridized carbons (Fsp3) is 0.389. The lowest BCUT2D eigenvalue weighted by molar-refractivity contribution is -0.121. The number of amides is 1. The first-order valence-corrected chi connectivity index (χ1v) is 8.25. The van der Waals surface area contributed by atoms with E-state index in [1.54, 1.807) is 6.92 Å². The molecule has 0 spiro atoms. The molecule has 2 aromatic rings. The van der Waals surface area contributed by atoms with Gasteiger partial charge in [0.05, 0.1) is 0 Å². The molecule has 0 radical (unpaired) electrons. The third-order valence-electron chi connectivity index (χ3n) is 4.28. The van der Waals surface area contributed by atoms with Gasteiger partial charge in [0, 0.05) is 43.0 Å². The average molecular weight is 344 g/mol. The summed E-state index contributed by atoms with van der Waals surface area (Å²) in [5, 5.41) is 2.89. The van der Waals surface area contributed by atoms with Crippen LogP contribution in [0.5, 0.6) is 0 Å². The first kappa shape index (κ1) is 18.5. The highest BCUT2D eigenvalue weighted by molar-refractivity contribution is 5.76. The highest BCUT2D eigenvalue weighted by Crippen LogP contribution is 2.13. The van der Waals surface area contributed by atoms with Crippen LogP contribution in [-0.2, 0) is 11.2 Å². The predicted molar refractivity (Wildman–Crippen MR) is 98.1 cm³/mol. The topological polar surface area (TPSA) is 98.1 Å². The quantitative estimate of drug-likeness (QED) is 0.696. The Kier molecular flexibility index (Phi) is 6.16. The zero-order valence-electron chi connectivity index (χ0n) is 14.8. The summed E-state index contributed by atoms with van der Waals surface area (Å²) in [4.78, 5) is 41.8. The number of aromatic nitrogens is 2. The summed E-state index contributed by atoms with van der Waals surface area (Å²) in [6, 6.07) is 10.1. The number of carbonyl (C=O) groups excluding carboxylic acids is 1. The fourth-order valence-corrected chi connectivity index (χ4v) is 2.57. The molecule has 0 aliphatic rings. The van der Waals surface area contributed by atoms with Crippen LogP contribution in [0, 0.1) is 6.92 Å². The molecule has 25 heavy (non-hydrogen) atoms. The molecule has 3 N–H and O–H groups in total. The van der Waals surface area contributed by atoms with Gasteiger partial charge in [0.25, 0.3) is 5.56 Å². The van der Waals surface area contributed by atoms with Crippen molar-refractivity contribution in [2.24, 2.45) is 0 Å². The van der Waals surface area contributed by atoms with Gasteiger partial charge in [-0.25, -0.2) is 4.79 Å². The lowest BCUT2D eigenvalue weighted by atomic mass is 10.1. The standard InChI is InChI=1S/C18H24N4O3/c1-12(22(3)14-7-5-4-6-8-14)11-19-16(23)10-9-15-13(2)20-18(25)21-17(15)24/h4-8,12H,9-11H2,1-3H3,(H,19,23)(H2,20,21,24,25)/t12-/m0/s1. The molecule has 1 amide bonds. The molecule has 7 heteroatoms. The number of anilines is 1. The van der Waals surface area contributed by atoms with Crippen LogP contribution in [0.2, 0.25) is 0 Å². The van der Waals surface area contributed by atoms with Gasteiger partial charge in [-0.2, -0.15) is 0 Å². The van der Waals surface area contributed by atoms with Gasteiger partial charge in [-0.1, -0.05) is 18.2 Å². The van der Waals surface area contributed by atoms with E-state index in [1.807, 2.05) is 44.3 Å². The fourth-order valence-electron chi connectivity index (χ4n) is 2.57. The molecule has 0 unspecified atom stereocenters. The molecule has 134 valence electrons. The average Bonchev–Trinajstić information content (AvgIpc) is 2.58. The van der Waals surface area contributed by atoms with Crippen molar-refractivity contribution in [1.29, 1.82) is 0 Å². The summed E-state index contributed by atoms with van der Waals surface area (Å²) < 4.78 is 0. The van der Waals surface area contributed by atoms with E-state index < -0.39 is 11.2 Å². The van der Waals surface area contributed by atoms with E-state index in [0.29, 0.717) is 17.8 Å². The van der Waals surface area contributed by atoms with Crippen LogP contribution in [0.4, 0.5) is 5.69 Å². The maximum Gasteiger partial charge on any atom is 0.325 e. The Morgan fingerprint density at radius 3 is 2.52 bits per heavy atom. The summed E-state index contributed by atoms with van der Waals surface area (Å²) in [7, 11) is 1.98. The highest BCUT2D eigenvalue weighted by atomic mass is 16.2. The first-order chi connectivity index (χ1) is 11.9.